The second kappa shape index (κ2) is 5.64. The first-order valence-electron chi connectivity index (χ1n) is 7.18. The largest absolute Gasteiger partial charge is 0.313 e. The van der Waals surface area contributed by atoms with Gasteiger partial charge in [0.1, 0.15) is 0 Å². The van der Waals surface area contributed by atoms with E-state index in [0.29, 0.717) is 18.4 Å². The van der Waals surface area contributed by atoms with Crippen LogP contribution in [0.25, 0.3) is 0 Å². The summed E-state index contributed by atoms with van der Waals surface area (Å²) in [6, 6.07) is 0.562. The van der Waals surface area contributed by atoms with Gasteiger partial charge >= 0.3 is 0 Å². The van der Waals surface area contributed by atoms with Crippen LogP contribution in [-0.2, 0) is 0 Å². The molecule has 0 saturated heterocycles. The molecule has 2 aliphatic rings. The van der Waals surface area contributed by atoms with Crippen molar-refractivity contribution < 1.29 is 8.78 Å². The lowest BCUT2D eigenvalue weighted by atomic mass is 9.96. The molecule has 0 aromatic rings. The number of alkyl halides is 2. The lowest BCUT2D eigenvalue weighted by molar-refractivity contribution is 0.00491. The highest BCUT2D eigenvalue weighted by molar-refractivity contribution is 4.84. The first-order chi connectivity index (χ1) is 8.07. The zero-order valence-electron chi connectivity index (χ0n) is 10.9. The maximum Gasteiger partial charge on any atom is 0.248 e. The first kappa shape index (κ1) is 13.3. The minimum atomic E-state index is -2.39. The maximum atomic E-state index is 13.1. The summed E-state index contributed by atoms with van der Waals surface area (Å²) in [5, 5.41) is 3.56. The van der Waals surface area contributed by atoms with Gasteiger partial charge in [-0.05, 0) is 37.6 Å². The normalized spacial score (nSPS) is 37.9. The van der Waals surface area contributed by atoms with E-state index in [4.69, 9.17) is 0 Å². The van der Waals surface area contributed by atoms with Gasteiger partial charge in [-0.15, -0.1) is 0 Å². The molecule has 3 atom stereocenters. The molecule has 3 heteroatoms. The van der Waals surface area contributed by atoms with Crippen molar-refractivity contribution in [3.05, 3.63) is 0 Å². The Bertz CT molecular complexity index is 242. The molecule has 0 heterocycles. The van der Waals surface area contributed by atoms with Crippen molar-refractivity contribution in [2.24, 2.45) is 11.8 Å². The molecule has 0 spiro atoms. The van der Waals surface area contributed by atoms with Crippen LogP contribution in [-0.4, -0.2) is 18.5 Å². The van der Waals surface area contributed by atoms with Crippen LogP contribution in [0.1, 0.15) is 58.3 Å². The number of hydrogen-bond acceptors (Lipinski definition) is 1. The van der Waals surface area contributed by atoms with Crippen LogP contribution in [0, 0.1) is 11.8 Å². The number of rotatable bonds is 3. The smallest absolute Gasteiger partial charge is 0.248 e. The van der Waals surface area contributed by atoms with Crippen LogP contribution in [0.3, 0.4) is 0 Å². The number of hydrogen-bond donors (Lipinski definition) is 1. The zero-order valence-corrected chi connectivity index (χ0v) is 10.9. The third-order valence-corrected chi connectivity index (χ3v) is 4.54. The first-order valence-corrected chi connectivity index (χ1v) is 7.18. The Hall–Kier alpha value is -0.180. The quantitative estimate of drug-likeness (QED) is 0.742. The summed E-state index contributed by atoms with van der Waals surface area (Å²) in [6.07, 6.45) is 7.37. The van der Waals surface area contributed by atoms with Gasteiger partial charge in [0.25, 0.3) is 0 Å². The van der Waals surface area contributed by atoms with Crippen LogP contribution < -0.4 is 5.32 Å². The van der Waals surface area contributed by atoms with Crippen molar-refractivity contribution in [3.63, 3.8) is 0 Å². The molecule has 0 bridgehead atoms. The molecule has 0 aromatic heterocycles. The molecule has 1 N–H and O–H groups in total. The molecule has 3 unspecified atom stereocenters. The minimum absolute atomic E-state index is 0.0968. The van der Waals surface area contributed by atoms with Gasteiger partial charge in [-0.2, -0.15) is 0 Å². The van der Waals surface area contributed by atoms with Crippen molar-refractivity contribution in [3.8, 4) is 0 Å². The van der Waals surface area contributed by atoms with E-state index in [2.05, 4.69) is 12.2 Å². The van der Waals surface area contributed by atoms with Crippen molar-refractivity contribution >= 4 is 0 Å². The number of halogens is 2. The average Bonchev–Trinajstić information content (AvgIpc) is 2.48. The fraction of sp³-hybridized carbons (Fsp3) is 1.00. The van der Waals surface area contributed by atoms with Crippen LogP contribution >= 0.6 is 0 Å². The van der Waals surface area contributed by atoms with Crippen molar-refractivity contribution in [2.45, 2.75) is 70.3 Å². The molecule has 0 radical (unpaired) electrons. The van der Waals surface area contributed by atoms with Crippen molar-refractivity contribution in [1.82, 2.24) is 5.32 Å². The van der Waals surface area contributed by atoms with Gasteiger partial charge < -0.3 is 5.32 Å². The van der Waals surface area contributed by atoms with Gasteiger partial charge in [-0.3, -0.25) is 0 Å². The average molecular weight is 245 g/mol. The van der Waals surface area contributed by atoms with E-state index in [-0.39, 0.29) is 18.8 Å². The summed E-state index contributed by atoms with van der Waals surface area (Å²) < 4.78 is 26.1. The van der Waals surface area contributed by atoms with Gasteiger partial charge in [-0.25, -0.2) is 8.78 Å². The van der Waals surface area contributed by atoms with Crippen molar-refractivity contribution in [1.29, 1.82) is 0 Å². The summed E-state index contributed by atoms with van der Waals surface area (Å²) in [4.78, 5) is 0. The number of nitrogens with one attached hydrogen (secondary N) is 1. The predicted molar refractivity (Wildman–Crippen MR) is 66.3 cm³/mol. The fourth-order valence-corrected chi connectivity index (χ4v) is 3.33. The van der Waals surface area contributed by atoms with E-state index >= 15 is 0 Å². The second-order valence-electron chi connectivity index (χ2n) is 6.09. The van der Waals surface area contributed by atoms with Crippen LogP contribution in [0.5, 0.6) is 0 Å². The van der Waals surface area contributed by atoms with E-state index < -0.39 is 5.92 Å². The summed E-state index contributed by atoms with van der Waals surface area (Å²) in [7, 11) is 0. The highest BCUT2D eigenvalue weighted by atomic mass is 19.3. The third kappa shape index (κ3) is 3.90. The van der Waals surface area contributed by atoms with Crippen LogP contribution in [0.15, 0.2) is 0 Å². The zero-order chi connectivity index (χ0) is 12.3. The Morgan fingerprint density at radius 3 is 2.59 bits per heavy atom. The van der Waals surface area contributed by atoms with E-state index in [0.717, 1.165) is 6.54 Å². The Labute approximate surface area is 103 Å². The summed E-state index contributed by atoms with van der Waals surface area (Å²) in [5.74, 6) is -1.48. The standard InChI is InChI=1S/C14H25F2N/c1-11-5-3-2-4-6-13(11)17-10-12-7-8-14(15,16)9-12/h11-13,17H,2-10H2,1H3. The van der Waals surface area contributed by atoms with E-state index in [1.54, 1.807) is 0 Å². The van der Waals surface area contributed by atoms with Gasteiger partial charge in [0, 0.05) is 18.9 Å². The molecule has 2 saturated carbocycles. The Morgan fingerprint density at radius 1 is 1.12 bits per heavy atom. The predicted octanol–water partition coefficient (Wildman–Crippen LogP) is 3.98. The molecular weight excluding hydrogens is 220 g/mol. The van der Waals surface area contributed by atoms with Crippen LogP contribution in [0.4, 0.5) is 8.78 Å². The van der Waals surface area contributed by atoms with E-state index in [9.17, 15) is 8.78 Å². The lowest BCUT2D eigenvalue weighted by Crippen LogP contribution is -2.37. The van der Waals surface area contributed by atoms with Gasteiger partial charge in [0.2, 0.25) is 5.92 Å². The Balaban J connectivity index is 1.73. The maximum absolute atomic E-state index is 13.1. The molecular formula is C14H25F2N. The van der Waals surface area contributed by atoms with Crippen LogP contribution in [0.2, 0.25) is 0 Å². The Morgan fingerprint density at radius 2 is 1.88 bits per heavy atom. The Kier molecular flexibility index (Phi) is 4.40. The molecule has 0 aromatic carbocycles. The molecule has 2 rings (SSSR count). The van der Waals surface area contributed by atoms with E-state index in [1.807, 2.05) is 0 Å². The van der Waals surface area contributed by atoms with Gasteiger partial charge in [0.05, 0.1) is 0 Å². The highest BCUT2D eigenvalue weighted by Gasteiger charge is 2.39. The minimum Gasteiger partial charge on any atom is -0.313 e. The molecule has 1 nitrogen and oxygen atoms in total. The van der Waals surface area contributed by atoms with E-state index in [1.165, 1.54) is 32.1 Å². The monoisotopic (exact) mass is 245 g/mol. The third-order valence-electron chi connectivity index (χ3n) is 4.54. The highest BCUT2D eigenvalue weighted by Crippen LogP contribution is 2.38. The summed E-state index contributed by atoms with van der Waals surface area (Å²) in [5.41, 5.74) is 0. The lowest BCUT2D eigenvalue weighted by Gasteiger charge is -2.24. The second-order valence-corrected chi connectivity index (χ2v) is 6.09. The van der Waals surface area contributed by atoms with Gasteiger partial charge in [0.15, 0.2) is 0 Å². The molecule has 0 amide bonds. The SMILES string of the molecule is CC1CCCCCC1NCC1CCC(F)(F)C1. The molecule has 2 fully saturated rings. The topological polar surface area (TPSA) is 12.0 Å². The molecule has 2 aliphatic carbocycles. The molecule has 17 heavy (non-hydrogen) atoms. The molecule has 0 aliphatic heterocycles. The summed E-state index contributed by atoms with van der Waals surface area (Å²) >= 11 is 0. The van der Waals surface area contributed by atoms with Gasteiger partial charge in [-0.1, -0.05) is 26.2 Å². The summed E-state index contributed by atoms with van der Waals surface area (Å²) in [6.45, 7) is 3.09. The molecule has 100 valence electrons. The fourth-order valence-electron chi connectivity index (χ4n) is 3.33. The van der Waals surface area contributed by atoms with Crippen molar-refractivity contribution in [2.75, 3.05) is 6.54 Å².